The van der Waals surface area contributed by atoms with Gasteiger partial charge in [-0.3, -0.25) is 4.98 Å². The van der Waals surface area contributed by atoms with Crippen LogP contribution in [0.3, 0.4) is 0 Å². The summed E-state index contributed by atoms with van der Waals surface area (Å²) in [6.45, 7) is 0. The Hall–Kier alpha value is -7.69. The number of aromatic nitrogens is 1. The maximum absolute atomic E-state index is 6.32. The topological polar surface area (TPSA) is 42.4 Å². The SMILES string of the molecule is c1ccc2c(c1)oc1cc3cc(N(c4ccc(-c5ccc(-c6ccc7cnccc7c6)cc5)cc4)c4ccc5cc6c(cc5c4)oc4ccccc46)ccc3cc12. The van der Waals surface area contributed by atoms with Gasteiger partial charge in [0.05, 0.1) is 0 Å². The minimum atomic E-state index is 0.890. The van der Waals surface area contributed by atoms with E-state index >= 15 is 0 Å². The zero-order chi connectivity index (χ0) is 37.5. The number of nitrogens with zero attached hydrogens (tertiary/aromatic N) is 2. The summed E-state index contributed by atoms with van der Waals surface area (Å²) in [4.78, 5) is 6.60. The monoisotopic (exact) mass is 728 g/mol. The van der Waals surface area contributed by atoms with Crippen LogP contribution in [-0.2, 0) is 0 Å². The van der Waals surface area contributed by atoms with Crippen LogP contribution in [0.25, 0.3) is 98.4 Å². The Morgan fingerprint density at radius 2 is 0.789 bits per heavy atom. The van der Waals surface area contributed by atoms with Gasteiger partial charge in [0, 0.05) is 56.4 Å². The molecule has 57 heavy (non-hydrogen) atoms. The van der Waals surface area contributed by atoms with Gasteiger partial charge >= 0.3 is 0 Å². The molecular weight excluding hydrogens is 697 g/mol. The molecule has 0 N–H and O–H groups in total. The van der Waals surface area contributed by atoms with Gasteiger partial charge in [-0.2, -0.15) is 0 Å². The summed E-state index contributed by atoms with van der Waals surface area (Å²) >= 11 is 0. The summed E-state index contributed by atoms with van der Waals surface area (Å²) in [5.41, 5.74) is 11.5. The van der Waals surface area contributed by atoms with Crippen molar-refractivity contribution in [1.29, 1.82) is 0 Å². The Kier molecular flexibility index (Phi) is 6.89. The van der Waals surface area contributed by atoms with Gasteiger partial charge in [0.25, 0.3) is 0 Å². The minimum Gasteiger partial charge on any atom is -0.456 e. The number of hydrogen-bond donors (Lipinski definition) is 0. The molecule has 0 spiro atoms. The molecule has 12 aromatic rings. The lowest BCUT2D eigenvalue weighted by Gasteiger charge is -2.26. The van der Waals surface area contributed by atoms with Crippen molar-refractivity contribution in [2.75, 3.05) is 4.90 Å². The summed E-state index contributed by atoms with van der Waals surface area (Å²) in [6.07, 6.45) is 3.75. The van der Waals surface area contributed by atoms with Crippen molar-refractivity contribution in [3.8, 4) is 22.3 Å². The fourth-order valence-electron chi connectivity index (χ4n) is 8.56. The highest BCUT2D eigenvalue weighted by atomic mass is 16.3. The van der Waals surface area contributed by atoms with Crippen molar-refractivity contribution in [3.05, 3.63) is 194 Å². The maximum Gasteiger partial charge on any atom is 0.136 e. The molecule has 3 aromatic heterocycles. The molecule has 0 saturated carbocycles. The molecule has 3 heterocycles. The molecule has 4 heteroatoms. The number of fused-ring (bicyclic) bond motifs is 9. The molecule has 0 unspecified atom stereocenters. The van der Waals surface area contributed by atoms with Gasteiger partial charge in [-0.05, 0) is 134 Å². The minimum absolute atomic E-state index is 0.890. The van der Waals surface area contributed by atoms with Gasteiger partial charge in [-0.25, -0.2) is 0 Å². The van der Waals surface area contributed by atoms with E-state index in [2.05, 4.69) is 168 Å². The smallest absolute Gasteiger partial charge is 0.136 e. The van der Waals surface area contributed by atoms with E-state index in [0.717, 1.165) is 82.7 Å². The van der Waals surface area contributed by atoms with Crippen LogP contribution in [0, 0.1) is 0 Å². The van der Waals surface area contributed by atoms with E-state index < -0.39 is 0 Å². The lowest BCUT2D eigenvalue weighted by molar-refractivity contribution is 0.669. The average Bonchev–Trinajstić information content (AvgIpc) is 3.82. The number of benzene rings is 9. The summed E-state index contributed by atoms with van der Waals surface area (Å²) < 4.78 is 12.6. The highest BCUT2D eigenvalue weighted by Gasteiger charge is 2.17. The molecule has 0 atom stereocenters. The van der Waals surface area contributed by atoms with Crippen LogP contribution < -0.4 is 4.90 Å². The Balaban J connectivity index is 0.956. The van der Waals surface area contributed by atoms with Crippen LogP contribution in [0.1, 0.15) is 0 Å². The summed E-state index contributed by atoms with van der Waals surface area (Å²) in [6, 6.07) is 65.1. The molecule has 0 saturated heterocycles. The Bertz CT molecular complexity index is 3370. The molecule has 9 aromatic carbocycles. The van der Waals surface area contributed by atoms with Gasteiger partial charge < -0.3 is 13.7 Å². The number of para-hydroxylation sites is 2. The first-order valence-corrected chi connectivity index (χ1v) is 19.2. The van der Waals surface area contributed by atoms with Crippen LogP contribution in [0.4, 0.5) is 17.1 Å². The van der Waals surface area contributed by atoms with Crippen molar-refractivity contribution in [3.63, 3.8) is 0 Å². The fourth-order valence-corrected chi connectivity index (χ4v) is 8.56. The lowest BCUT2D eigenvalue weighted by atomic mass is 9.98. The molecule has 4 nitrogen and oxygen atoms in total. The first-order chi connectivity index (χ1) is 28.2. The first kappa shape index (κ1) is 31.6. The van der Waals surface area contributed by atoms with Crippen LogP contribution in [-0.4, -0.2) is 4.98 Å². The largest absolute Gasteiger partial charge is 0.456 e. The zero-order valence-electron chi connectivity index (χ0n) is 30.7. The van der Waals surface area contributed by atoms with E-state index in [-0.39, 0.29) is 0 Å². The second-order valence-corrected chi connectivity index (χ2v) is 14.9. The predicted octanol–water partition coefficient (Wildman–Crippen LogP) is 15.1. The molecule has 12 rings (SSSR count). The third kappa shape index (κ3) is 5.26. The van der Waals surface area contributed by atoms with Gasteiger partial charge in [0.2, 0.25) is 0 Å². The van der Waals surface area contributed by atoms with Crippen LogP contribution >= 0.6 is 0 Å². The number of pyridine rings is 1. The van der Waals surface area contributed by atoms with Crippen LogP contribution in [0.15, 0.2) is 203 Å². The van der Waals surface area contributed by atoms with Crippen molar-refractivity contribution < 1.29 is 8.83 Å². The molecule has 0 aliphatic carbocycles. The predicted molar refractivity (Wildman–Crippen MR) is 237 cm³/mol. The lowest BCUT2D eigenvalue weighted by Crippen LogP contribution is -2.09. The maximum atomic E-state index is 6.32. The third-order valence-electron chi connectivity index (χ3n) is 11.5. The summed E-state index contributed by atoms with van der Waals surface area (Å²) in [7, 11) is 0. The zero-order valence-corrected chi connectivity index (χ0v) is 30.7. The van der Waals surface area contributed by atoms with Crippen molar-refractivity contribution in [2.24, 2.45) is 0 Å². The number of furan rings is 2. The molecule has 0 fully saturated rings. The highest BCUT2D eigenvalue weighted by Crippen LogP contribution is 2.41. The quantitative estimate of drug-likeness (QED) is 0.177. The molecule has 0 bridgehead atoms. The second kappa shape index (κ2) is 12.4. The number of anilines is 3. The third-order valence-corrected chi connectivity index (χ3v) is 11.5. The van der Waals surface area contributed by atoms with Crippen LogP contribution in [0.5, 0.6) is 0 Å². The highest BCUT2D eigenvalue weighted by molar-refractivity contribution is 6.12. The molecule has 266 valence electrons. The molecule has 0 aliphatic heterocycles. The Labute approximate surface area is 327 Å². The van der Waals surface area contributed by atoms with Crippen molar-refractivity contribution in [1.82, 2.24) is 4.98 Å². The van der Waals surface area contributed by atoms with Crippen LogP contribution in [0.2, 0.25) is 0 Å². The Morgan fingerprint density at radius 1 is 0.316 bits per heavy atom. The van der Waals surface area contributed by atoms with E-state index in [1.807, 2.05) is 36.7 Å². The van der Waals surface area contributed by atoms with Gasteiger partial charge in [-0.15, -0.1) is 0 Å². The Morgan fingerprint density at radius 3 is 1.39 bits per heavy atom. The van der Waals surface area contributed by atoms with E-state index in [0.29, 0.717) is 0 Å². The average molecular weight is 729 g/mol. The van der Waals surface area contributed by atoms with E-state index in [1.54, 1.807) is 0 Å². The molecular formula is C53H32N2O2. The standard InChI is InChI=1S/C53H32N2O2/c1-3-7-50-46(5-1)48-28-37-17-21-44(26-41(37)30-52(48)56-50)55(45-22-18-38-29-49-47-6-2-4-8-51(47)57-53(49)31-42(38)27-45)43-19-15-34(16-20-43)33-9-11-35(12-10-33)36-13-14-40-32-54-24-23-39(40)25-36/h1-32H. The van der Waals surface area contributed by atoms with Crippen molar-refractivity contribution >= 4 is 93.3 Å². The summed E-state index contributed by atoms with van der Waals surface area (Å²) in [5, 5.41) is 11.4. The van der Waals surface area contributed by atoms with E-state index in [4.69, 9.17) is 8.83 Å². The van der Waals surface area contributed by atoms with Gasteiger partial charge in [-0.1, -0.05) is 97.1 Å². The number of hydrogen-bond acceptors (Lipinski definition) is 4. The summed E-state index contributed by atoms with van der Waals surface area (Å²) in [5.74, 6) is 0. The normalized spacial score (nSPS) is 11.9. The molecule has 0 radical (unpaired) electrons. The van der Waals surface area contributed by atoms with Gasteiger partial charge in [0.1, 0.15) is 22.3 Å². The fraction of sp³-hybridized carbons (Fsp3) is 0. The van der Waals surface area contributed by atoms with E-state index in [1.165, 1.54) is 32.8 Å². The second-order valence-electron chi connectivity index (χ2n) is 14.9. The first-order valence-electron chi connectivity index (χ1n) is 19.2. The van der Waals surface area contributed by atoms with Crippen molar-refractivity contribution in [2.45, 2.75) is 0 Å². The van der Waals surface area contributed by atoms with E-state index in [9.17, 15) is 0 Å². The number of rotatable bonds is 5. The molecule has 0 amide bonds. The van der Waals surface area contributed by atoms with Gasteiger partial charge in [0.15, 0.2) is 0 Å². The molecule has 0 aliphatic rings.